The van der Waals surface area contributed by atoms with Crippen LogP contribution in [0.2, 0.25) is 0 Å². The second-order valence-electron chi connectivity index (χ2n) is 9.14. The number of aliphatic hydroxyl groups is 6. The van der Waals surface area contributed by atoms with Gasteiger partial charge in [0.15, 0.2) is 23.8 Å². The fourth-order valence-corrected chi connectivity index (χ4v) is 6.21. The summed E-state index contributed by atoms with van der Waals surface area (Å²) in [6.07, 6.45) is -10.2. The van der Waals surface area contributed by atoms with Crippen LogP contribution in [0.3, 0.4) is 0 Å². The van der Waals surface area contributed by atoms with Gasteiger partial charge in [-0.2, -0.15) is 9.97 Å². The minimum absolute atomic E-state index is 0.0342. The van der Waals surface area contributed by atoms with Crippen molar-refractivity contribution < 1.29 is 40.1 Å². The zero-order chi connectivity index (χ0) is 30.6. The van der Waals surface area contributed by atoms with Gasteiger partial charge in [-0.1, -0.05) is 22.7 Å². The van der Waals surface area contributed by atoms with Gasteiger partial charge in [0.25, 0.3) is 11.1 Å². The molecule has 2 saturated heterocycles. The van der Waals surface area contributed by atoms with Crippen LogP contribution in [-0.2, 0) is 9.47 Å². The maximum atomic E-state index is 12.0. The molecule has 0 aliphatic carbocycles. The second kappa shape index (κ2) is 11.3. The van der Waals surface area contributed by atoms with E-state index >= 15 is 0 Å². The molecule has 20 nitrogen and oxygen atoms in total. The predicted molar refractivity (Wildman–Crippen MR) is 144 cm³/mol. The van der Waals surface area contributed by atoms with Crippen LogP contribution in [0.5, 0.6) is 0 Å². The number of H-pyrrole nitrogens is 2. The number of hydrogen-bond donors (Lipinski definition) is 10. The normalized spacial score (nSPS) is 29.3. The number of aromatic nitrogens is 6. The number of fused-ring (bicyclic) bond motifs is 2. The van der Waals surface area contributed by atoms with Gasteiger partial charge in [-0.05, 0) is 0 Å². The molecule has 22 heteroatoms. The first-order valence-electron chi connectivity index (χ1n) is 11.9. The Morgan fingerprint density at radius 1 is 0.690 bits per heavy atom. The Morgan fingerprint density at radius 2 is 1.05 bits per heavy atom. The Morgan fingerprint density at radius 3 is 1.36 bits per heavy atom. The zero-order valence-electron chi connectivity index (χ0n) is 20.9. The third kappa shape index (κ3) is 4.91. The van der Waals surface area contributed by atoms with Crippen LogP contribution in [0, 0.1) is 0 Å². The first-order chi connectivity index (χ1) is 19.9. The van der Waals surface area contributed by atoms with Gasteiger partial charge < -0.3 is 51.6 Å². The van der Waals surface area contributed by atoms with Crippen molar-refractivity contribution in [3.05, 3.63) is 40.0 Å². The maximum Gasteiger partial charge on any atom is 0.311 e. The quantitative estimate of drug-likeness (QED) is 0.100. The van der Waals surface area contributed by atoms with Crippen LogP contribution in [-0.4, -0.2) is 110 Å². The minimum atomic E-state index is -1.44. The average molecular weight is 633 g/mol. The number of nitrogens with two attached hydrogens (primary N) is 2. The molecule has 2 aliphatic rings. The van der Waals surface area contributed by atoms with E-state index in [2.05, 4.69) is 19.9 Å². The van der Waals surface area contributed by atoms with Crippen molar-refractivity contribution in [2.24, 2.45) is 0 Å². The molecule has 228 valence electrons. The lowest BCUT2D eigenvalue weighted by Crippen LogP contribution is -2.34. The van der Waals surface area contributed by atoms with Crippen molar-refractivity contribution in [3.63, 3.8) is 0 Å². The molecule has 0 saturated carbocycles. The first kappa shape index (κ1) is 29.9. The Bertz CT molecular complexity index is 1730. The summed E-state index contributed by atoms with van der Waals surface area (Å²) in [4.78, 5) is 58.6. The van der Waals surface area contributed by atoms with Crippen molar-refractivity contribution in [1.82, 2.24) is 29.1 Å². The van der Waals surface area contributed by atoms with E-state index in [-0.39, 0.29) is 32.6 Å². The number of rotatable bonds is 4. The standard InChI is InChI=1S/2C10H12N4O6S/c2*11-9-12-6-5(7(18)13-9)21-10(19)14(6)8-4(17)3(16)2(1-15)20-8/h2*2-4,8,15-17H,1H2,(H3,11,12,13,18)/t2*2-,3-,4-,8-/m11/s1. The van der Waals surface area contributed by atoms with Crippen molar-refractivity contribution in [2.45, 2.75) is 49.1 Å². The van der Waals surface area contributed by atoms with E-state index in [1.807, 2.05) is 0 Å². The summed E-state index contributed by atoms with van der Waals surface area (Å²) in [6, 6.07) is 0. The summed E-state index contributed by atoms with van der Waals surface area (Å²) in [5, 5.41) is 57.5. The van der Waals surface area contributed by atoms with Gasteiger partial charge in [0.05, 0.1) is 13.2 Å². The highest BCUT2D eigenvalue weighted by molar-refractivity contribution is 7.16. The van der Waals surface area contributed by atoms with Crippen molar-refractivity contribution in [1.29, 1.82) is 0 Å². The lowest BCUT2D eigenvalue weighted by atomic mass is 10.1. The van der Waals surface area contributed by atoms with Gasteiger partial charge in [0, 0.05) is 0 Å². The summed E-state index contributed by atoms with van der Waals surface area (Å²) >= 11 is 1.25. The number of thiazole rings is 2. The Kier molecular flexibility index (Phi) is 8.01. The summed E-state index contributed by atoms with van der Waals surface area (Å²) in [6.45, 7) is -1.05. The SMILES string of the molecule is Nc1nc2c(sc(=O)n2[C@@H]2O[C@H](CO)[C@@H](O)[C@H]2O)c(=O)[nH]1.Nc1nc2c(sc(=O)n2[C@@H]2O[C@H](CO)[C@@H](O)[C@H]2O)c(=O)[nH]1. The Labute approximate surface area is 238 Å². The van der Waals surface area contributed by atoms with Crippen LogP contribution in [0.15, 0.2) is 19.2 Å². The highest BCUT2D eigenvalue weighted by Crippen LogP contribution is 2.32. The van der Waals surface area contributed by atoms with E-state index in [1.165, 1.54) is 0 Å². The van der Waals surface area contributed by atoms with Gasteiger partial charge in [-0.25, -0.2) is 0 Å². The fourth-order valence-electron chi connectivity index (χ4n) is 4.53. The summed E-state index contributed by atoms with van der Waals surface area (Å²) < 4.78 is 12.5. The number of hydrogen-bond acceptors (Lipinski definition) is 18. The van der Waals surface area contributed by atoms with Crippen molar-refractivity contribution in [3.8, 4) is 0 Å². The molecule has 0 unspecified atom stereocenters. The van der Waals surface area contributed by atoms with E-state index in [4.69, 9.17) is 31.2 Å². The van der Waals surface area contributed by atoms with Crippen LogP contribution >= 0.6 is 22.7 Å². The molecule has 4 aromatic heterocycles. The zero-order valence-corrected chi connectivity index (χ0v) is 22.6. The highest BCUT2D eigenvalue weighted by atomic mass is 32.1. The van der Waals surface area contributed by atoms with E-state index in [0.29, 0.717) is 22.7 Å². The van der Waals surface area contributed by atoms with Crippen molar-refractivity contribution in [2.75, 3.05) is 24.7 Å². The number of aromatic amines is 2. The predicted octanol–water partition coefficient (Wildman–Crippen LogP) is -5.32. The van der Waals surface area contributed by atoms with Gasteiger partial charge in [0.2, 0.25) is 11.9 Å². The number of nitrogens with zero attached hydrogens (tertiary/aromatic N) is 4. The molecule has 0 amide bonds. The van der Waals surface area contributed by atoms with Gasteiger partial charge >= 0.3 is 9.75 Å². The molecule has 42 heavy (non-hydrogen) atoms. The third-order valence-corrected chi connectivity index (χ3v) is 8.41. The van der Waals surface area contributed by atoms with Crippen LogP contribution < -0.4 is 32.3 Å². The lowest BCUT2D eigenvalue weighted by molar-refractivity contribution is -0.0518. The summed E-state index contributed by atoms with van der Waals surface area (Å²) in [5.41, 5.74) is 9.66. The van der Waals surface area contributed by atoms with Gasteiger partial charge in [-0.15, -0.1) is 0 Å². The average Bonchev–Trinajstić information content (AvgIpc) is 3.62. The fraction of sp³-hybridized carbons (Fsp3) is 0.500. The van der Waals surface area contributed by atoms with Crippen LogP contribution in [0.1, 0.15) is 12.5 Å². The molecular formula is C20H24N8O12S2. The van der Waals surface area contributed by atoms with Crippen LogP contribution in [0.25, 0.3) is 20.7 Å². The number of ether oxygens (including phenoxy) is 2. The lowest BCUT2D eigenvalue weighted by Gasteiger charge is -2.15. The van der Waals surface area contributed by atoms with Crippen molar-refractivity contribution >= 4 is 55.3 Å². The van der Waals surface area contributed by atoms with E-state index in [9.17, 15) is 39.6 Å². The molecule has 0 radical (unpaired) electrons. The van der Waals surface area contributed by atoms with Gasteiger partial charge in [-0.3, -0.25) is 38.3 Å². The third-order valence-electron chi connectivity index (χ3n) is 6.53. The molecule has 0 bridgehead atoms. The Hall–Kier alpha value is -3.58. The molecule has 12 N–H and O–H groups in total. The maximum absolute atomic E-state index is 12.0. The smallest absolute Gasteiger partial charge is 0.311 e. The number of nitrogen functional groups attached to an aromatic ring is 2. The molecule has 6 rings (SSSR count). The largest absolute Gasteiger partial charge is 0.394 e. The van der Waals surface area contributed by atoms with Crippen LogP contribution in [0.4, 0.5) is 11.9 Å². The molecule has 2 aliphatic heterocycles. The molecule has 6 heterocycles. The number of nitrogens with one attached hydrogen (secondary N) is 2. The monoisotopic (exact) mass is 632 g/mol. The van der Waals surface area contributed by atoms with Gasteiger partial charge in [0.1, 0.15) is 46.0 Å². The summed E-state index contributed by atoms with van der Waals surface area (Å²) in [7, 11) is 0. The molecule has 8 atom stereocenters. The molecule has 0 spiro atoms. The summed E-state index contributed by atoms with van der Waals surface area (Å²) in [5.74, 6) is -0.378. The van der Waals surface area contributed by atoms with E-state index in [1.54, 1.807) is 0 Å². The highest BCUT2D eigenvalue weighted by Gasteiger charge is 2.46. The molecular weight excluding hydrogens is 608 g/mol. The number of aliphatic hydroxyl groups excluding tert-OH is 6. The Balaban J connectivity index is 0.000000168. The van der Waals surface area contributed by atoms with E-state index < -0.39 is 83.2 Å². The minimum Gasteiger partial charge on any atom is -0.394 e. The first-order valence-corrected chi connectivity index (χ1v) is 13.6. The molecule has 0 aromatic carbocycles. The molecule has 4 aromatic rings. The van der Waals surface area contributed by atoms with E-state index in [0.717, 1.165) is 9.13 Å². The molecule has 2 fully saturated rings. The second-order valence-corrected chi connectivity index (χ2v) is 11.1. The topological polar surface area (TPSA) is 327 Å². The number of anilines is 2.